The number of amides is 1. The van der Waals surface area contributed by atoms with Crippen molar-refractivity contribution in [3.05, 3.63) is 77.3 Å². The Morgan fingerprint density at radius 2 is 1.88 bits per heavy atom. The third-order valence-electron chi connectivity index (χ3n) is 6.37. The molecular formula is C26H26N2O6. The molecule has 8 nitrogen and oxygen atoms in total. The molecule has 0 unspecified atom stereocenters. The molecular weight excluding hydrogens is 436 g/mol. The maximum absolute atomic E-state index is 13.6. The van der Waals surface area contributed by atoms with Crippen molar-refractivity contribution in [2.45, 2.75) is 6.04 Å². The second-order valence-corrected chi connectivity index (χ2v) is 8.37. The van der Waals surface area contributed by atoms with Crippen molar-refractivity contribution in [1.29, 1.82) is 0 Å². The number of furan rings is 1. The van der Waals surface area contributed by atoms with Crippen molar-refractivity contribution < 1.29 is 28.6 Å². The van der Waals surface area contributed by atoms with Gasteiger partial charge >= 0.3 is 0 Å². The van der Waals surface area contributed by atoms with E-state index in [1.54, 1.807) is 42.3 Å². The van der Waals surface area contributed by atoms with Crippen molar-refractivity contribution in [3.8, 4) is 5.75 Å². The molecule has 3 aromatic rings. The van der Waals surface area contributed by atoms with Crippen LogP contribution in [0.4, 0.5) is 0 Å². The summed E-state index contributed by atoms with van der Waals surface area (Å²) in [5, 5.41) is 11.7. The van der Waals surface area contributed by atoms with Crippen molar-refractivity contribution >= 4 is 22.7 Å². The third kappa shape index (κ3) is 4.06. The standard InChI is InChI=1S/C26H26N2O6/c1-32-19-7-4-6-18(15-19)23-22(24(29)21-16-17-5-2-3-8-20(17)34-21)25(30)26(31)28(23)10-9-27-11-13-33-14-12-27/h2-8,15-16,23,30H,9-14H2,1H3/t23-/m1/s1. The van der Waals surface area contributed by atoms with E-state index in [1.165, 1.54) is 0 Å². The smallest absolute Gasteiger partial charge is 0.290 e. The number of carbonyl (C=O) groups is 2. The number of benzene rings is 2. The lowest BCUT2D eigenvalue weighted by atomic mass is 9.95. The molecule has 5 rings (SSSR count). The maximum Gasteiger partial charge on any atom is 0.290 e. The van der Waals surface area contributed by atoms with Gasteiger partial charge < -0.3 is 23.9 Å². The van der Waals surface area contributed by atoms with Gasteiger partial charge in [-0.15, -0.1) is 0 Å². The van der Waals surface area contributed by atoms with Gasteiger partial charge in [-0.3, -0.25) is 14.5 Å². The first-order valence-electron chi connectivity index (χ1n) is 11.3. The molecule has 0 saturated carbocycles. The monoisotopic (exact) mass is 462 g/mol. The lowest BCUT2D eigenvalue weighted by molar-refractivity contribution is -0.129. The summed E-state index contributed by atoms with van der Waals surface area (Å²) in [5.74, 6) is -0.942. The SMILES string of the molecule is COc1cccc([C@@H]2C(C(=O)c3cc4ccccc4o3)=C(O)C(=O)N2CCN2CCOCC2)c1. The van der Waals surface area contributed by atoms with E-state index in [-0.39, 0.29) is 11.3 Å². The average molecular weight is 463 g/mol. The normalized spacial score (nSPS) is 19.3. The summed E-state index contributed by atoms with van der Waals surface area (Å²) in [6, 6.07) is 15.4. The minimum atomic E-state index is -0.760. The van der Waals surface area contributed by atoms with Gasteiger partial charge in [0.05, 0.1) is 31.9 Å². The third-order valence-corrected chi connectivity index (χ3v) is 6.37. The van der Waals surface area contributed by atoms with Crippen LogP contribution < -0.4 is 4.74 Å². The molecule has 8 heteroatoms. The summed E-state index contributed by atoms with van der Waals surface area (Å²) >= 11 is 0. The molecule has 0 bridgehead atoms. The molecule has 2 aliphatic rings. The Kier molecular flexibility index (Phi) is 6.08. The molecule has 1 amide bonds. The number of hydrogen-bond donors (Lipinski definition) is 1. The molecule has 2 aromatic carbocycles. The number of nitrogens with zero attached hydrogens (tertiary/aromatic N) is 2. The van der Waals surface area contributed by atoms with Gasteiger partial charge in [0.15, 0.2) is 11.5 Å². The fourth-order valence-corrected chi connectivity index (χ4v) is 4.57. The van der Waals surface area contributed by atoms with Crippen LogP contribution in [0.15, 0.2) is 70.3 Å². The van der Waals surface area contributed by atoms with E-state index < -0.39 is 23.5 Å². The van der Waals surface area contributed by atoms with E-state index in [4.69, 9.17) is 13.9 Å². The molecule has 1 aromatic heterocycles. The number of ether oxygens (including phenoxy) is 2. The van der Waals surface area contributed by atoms with Crippen LogP contribution in [0.1, 0.15) is 22.2 Å². The lowest BCUT2D eigenvalue weighted by Gasteiger charge is -2.31. The highest BCUT2D eigenvalue weighted by Gasteiger charge is 2.44. The second-order valence-electron chi connectivity index (χ2n) is 8.37. The molecule has 0 radical (unpaired) electrons. The van der Waals surface area contributed by atoms with Crippen molar-refractivity contribution in [3.63, 3.8) is 0 Å². The Morgan fingerprint density at radius 1 is 1.09 bits per heavy atom. The fourth-order valence-electron chi connectivity index (χ4n) is 4.57. The van der Waals surface area contributed by atoms with Crippen LogP contribution in [-0.2, 0) is 9.53 Å². The van der Waals surface area contributed by atoms with Crippen LogP contribution >= 0.6 is 0 Å². The van der Waals surface area contributed by atoms with Gasteiger partial charge in [-0.05, 0) is 29.8 Å². The minimum absolute atomic E-state index is 0.0132. The van der Waals surface area contributed by atoms with Gasteiger partial charge in [0.2, 0.25) is 5.78 Å². The highest BCUT2D eigenvalue weighted by molar-refractivity contribution is 6.16. The predicted molar refractivity (Wildman–Crippen MR) is 125 cm³/mol. The Labute approximate surface area is 197 Å². The largest absolute Gasteiger partial charge is 0.503 e. The Hall–Kier alpha value is -3.62. The van der Waals surface area contributed by atoms with Crippen LogP contribution in [0.2, 0.25) is 0 Å². The van der Waals surface area contributed by atoms with Gasteiger partial charge in [-0.25, -0.2) is 0 Å². The quantitative estimate of drug-likeness (QED) is 0.539. The summed E-state index contributed by atoms with van der Waals surface area (Å²) < 4.78 is 16.6. The molecule has 34 heavy (non-hydrogen) atoms. The number of Topliss-reactive ketones (excluding diaryl/α,β-unsaturated/α-hetero) is 1. The lowest BCUT2D eigenvalue weighted by Crippen LogP contribution is -2.43. The second kappa shape index (κ2) is 9.32. The number of methoxy groups -OCH3 is 1. The number of rotatable bonds is 7. The van der Waals surface area contributed by atoms with Crippen molar-refractivity contribution in [2.75, 3.05) is 46.5 Å². The van der Waals surface area contributed by atoms with E-state index in [0.717, 1.165) is 18.5 Å². The topological polar surface area (TPSA) is 92.5 Å². The number of ketones is 1. The van der Waals surface area contributed by atoms with Crippen LogP contribution in [0.5, 0.6) is 5.75 Å². The Bertz CT molecular complexity index is 1220. The van der Waals surface area contributed by atoms with Crippen LogP contribution in [0, 0.1) is 0 Å². The molecule has 1 fully saturated rings. The van der Waals surface area contributed by atoms with Gasteiger partial charge in [0.1, 0.15) is 11.3 Å². The van der Waals surface area contributed by atoms with Gasteiger partial charge in [0.25, 0.3) is 5.91 Å². The number of morpholine rings is 1. The summed E-state index contributed by atoms with van der Waals surface area (Å²) in [5.41, 5.74) is 1.26. The van der Waals surface area contributed by atoms with Crippen LogP contribution in [0.3, 0.4) is 0 Å². The zero-order chi connectivity index (χ0) is 23.7. The molecule has 3 heterocycles. The Balaban J connectivity index is 1.52. The van der Waals surface area contributed by atoms with E-state index in [2.05, 4.69) is 4.90 Å². The molecule has 2 aliphatic heterocycles. The molecule has 0 aliphatic carbocycles. The molecule has 1 saturated heterocycles. The minimum Gasteiger partial charge on any atom is -0.503 e. The molecule has 1 N–H and O–H groups in total. The van der Waals surface area contributed by atoms with Crippen molar-refractivity contribution in [2.24, 2.45) is 0 Å². The summed E-state index contributed by atoms with van der Waals surface area (Å²) in [6.07, 6.45) is 0. The van der Waals surface area contributed by atoms with E-state index in [0.29, 0.717) is 43.2 Å². The van der Waals surface area contributed by atoms with E-state index in [9.17, 15) is 14.7 Å². The summed E-state index contributed by atoms with van der Waals surface area (Å²) in [7, 11) is 1.56. The van der Waals surface area contributed by atoms with Crippen LogP contribution in [0.25, 0.3) is 11.0 Å². The number of para-hydroxylation sites is 1. The summed E-state index contributed by atoms with van der Waals surface area (Å²) in [6.45, 7) is 3.79. The summed E-state index contributed by atoms with van der Waals surface area (Å²) in [4.78, 5) is 30.6. The first-order valence-corrected chi connectivity index (χ1v) is 11.3. The van der Waals surface area contributed by atoms with Crippen LogP contribution in [-0.4, -0.2) is 73.1 Å². The number of carbonyl (C=O) groups excluding carboxylic acids is 2. The zero-order valence-corrected chi connectivity index (χ0v) is 18.9. The zero-order valence-electron chi connectivity index (χ0n) is 18.9. The molecule has 1 atom stereocenters. The first-order chi connectivity index (χ1) is 16.6. The number of aliphatic hydroxyl groups excluding tert-OH is 1. The van der Waals surface area contributed by atoms with Gasteiger partial charge in [0, 0.05) is 31.6 Å². The number of aliphatic hydroxyl groups is 1. The number of hydrogen-bond acceptors (Lipinski definition) is 7. The predicted octanol–water partition coefficient (Wildman–Crippen LogP) is 3.35. The molecule has 176 valence electrons. The van der Waals surface area contributed by atoms with E-state index >= 15 is 0 Å². The number of fused-ring (bicyclic) bond motifs is 1. The van der Waals surface area contributed by atoms with Gasteiger partial charge in [-0.2, -0.15) is 0 Å². The highest BCUT2D eigenvalue weighted by atomic mass is 16.5. The average Bonchev–Trinajstić information content (AvgIpc) is 3.42. The maximum atomic E-state index is 13.6. The van der Waals surface area contributed by atoms with Gasteiger partial charge in [-0.1, -0.05) is 30.3 Å². The highest BCUT2D eigenvalue weighted by Crippen LogP contribution is 2.40. The fraction of sp³-hybridized carbons (Fsp3) is 0.308. The van der Waals surface area contributed by atoms with Crippen molar-refractivity contribution in [1.82, 2.24) is 9.80 Å². The Morgan fingerprint density at radius 3 is 2.65 bits per heavy atom. The molecule has 0 spiro atoms. The van der Waals surface area contributed by atoms with E-state index in [1.807, 2.05) is 24.3 Å². The first kappa shape index (κ1) is 22.2.